The fourth-order valence-electron chi connectivity index (χ4n) is 2.42. The molecule has 2 aromatic carbocycles. The number of rotatable bonds is 7. The van der Waals surface area contributed by atoms with E-state index in [1.807, 2.05) is 6.07 Å². The molecule has 1 atom stereocenters. The summed E-state index contributed by atoms with van der Waals surface area (Å²) in [4.78, 5) is 10.9. The van der Waals surface area contributed by atoms with Gasteiger partial charge in [0.1, 0.15) is 6.29 Å². The highest BCUT2D eigenvalue weighted by Gasteiger charge is 2.04. The minimum Gasteiger partial charge on any atom is -0.303 e. The van der Waals surface area contributed by atoms with Crippen molar-refractivity contribution < 1.29 is 4.79 Å². The summed E-state index contributed by atoms with van der Waals surface area (Å²) in [5, 5.41) is 0. The van der Waals surface area contributed by atoms with Crippen LogP contribution in [0.3, 0.4) is 0 Å². The van der Waals surface area contributed by atoms with Crippen molar-refractivity contribution in [2.75, 3.05) is 0 Å². The Hall–Kier alpha value is -2.37. The number of carbonyl (C=O) groups is 1. The lowest BCUT2D eigenvalue weighted by molar-refractivity contribution is -0.110. The van der Waals surface area contributed by atoms with Gasteiger partial charge in [-0.25, -0.2) is 0 Å². The van der Waals surface area contributed by atoms with E-state index in [9.17, 15) is 4.79 Å². The number of benzene rings is 2. The number of aryl methyl sites for hydroxylation is 1. The van der Waals surface area contributed by atoms with Gasteiger partial charge in [0.25, 0.3) is 0 Å². The largest absolute Gasteiger partial charge is 0.303 e. The molecule has 0 N–H and O–H groups in total. The third-order valence-electron chi connectivity index (χ3n) is 3.54. The van der Waals surface area contributed by atoms with Crippen LogP contribution in [0.1, 0.15) is 18.4 Å². The third kappa shape index (κ3) is 4.59. The van der Waals surface area contributed by atoms with Gasteiger partial charge in [-0.05, 0) is 42.0 Å². The van der Waals surface area contributed by atoms with Crippen LogP contribution >= 0.6 is 0 Å². The summed E-state index contributed by atoms with van der Waals surface area (Å²) >= 11 is 0. The number of allylic oxidation sites excluding steroid dienone is 1. The van der Waals surface area contributed by atoms with Crippen molar-refractivity contribution in [2.24, 2.45) is 5.92 Å². The molecular weight excluding hydrogens is 256 g/mol. The molecule has 1 unspecified atom stereocenters. The standard InChI is InChI=1S/C20H20O/c1-2-8-18(16-21)11-6-9-17-10-7-14-20(15-17)19-12-4-3-5-13-19/h3-5,7-8,10,12-16,18H,1,6,9,11H2. The fourth-order valence-corrected chi connectivity index (χ4v) is 2.42. The van der Waals surface area contributed by atoms with Crippen LogP contribution in [0, 0.1) is 5.92 Å². The minimum absolute atomic E-state index is 0.0557. The van der Waals surface area contributed by atoms with E-state index in [1.54, 1.807) is 6.08 Å². The molecule has 1 nitrogen and oxygen atoms in total. The Bertz CT molecular complexity index is 621. The molecule has 106 valence electrons. The lowest BCUT2D eigenvalue weighted by atomic mass is 9.98. The zero-order chi connectivity index (χ0) is 14.9. The van der Waals surface area contributed by atoms with E-state index in [2.05, 4.69) is 60.8 Å². The SMILES string of the molecule is C=C=CC(C=O)CCCc1cccc(-c2ccccc2)c1. The highest BCUT2D eigenvalue weighted by Crippen LogP contribution is 2.21. The van der Waals surface area contributed by atoms with Gasteiger partial charge in [-0.3, -0.25) is 0 Å². The molecule has 0 spiro atoms. The molecule has 0 aromatic heterocycles. The molecule has 0 aliphatic carbocycles. The highest BCUT2D eigenvalue weighted by molar-refractivity contribution is 5.63. The summed E-state index contributed by atoms with van der Waals surface area (Å²) in [6, 6.07) is 19.0. The number of carbonyl (C=O) groups excluding carboxylic acids is 1. The van der Waals surface area contributed by atoms with Gasteiger partial charge in [0.15, 0.2) is 0 Å². The molecule has 0 saturated heterocycles. The second-order valence-electron chi connectivity index (χ2n) is 5.13. The van der Waals surface area contributed by atoms with Gasteiger partial charge >= 0.3 is 0 Å². The summed E-state index contributed by atoms with van der Waals surface area (Å²) in [6.07, 6.45) is 5.53. The topological polar surface area (TPSA) is 17.1 Å². The summed E-state index contributed by atoms with van der Waals surface area (Å²) in [5.74, 6) is -0.0557. The lowest BCUT2D eigenvalue weighted by Crippen LogP contribution is -1.98. The second-order valence-corrected chi connectivity index (χ2v) is 5.13. The van der Waals surface area contributed by atoms with Crippen molar-refractivity contribution in [2.45, 2.75) is 19.3 Å². The number of hydrogen-bond donors (Lipinski definition) is 0. The zero-order valence-electron chi connectivity index (χ0n) is 12.2. The molecular formula is C20H20O. The van der Waals surface area contributed by atoms with Crippen LogP contribution in [0.2, 0.25) is 0 Å². The molecule has 2 aromatic rings. The van der Waals surface area contributed by atoms with E-state index in [1.165, 1.54) is 16.7 Å². The van der Waals surface area contributed by atoms with E-state index in [0.29, 0.717) is 0 Å². The normalized spacial score (nSPS) is 11.4. The van der Waals surface area contributed by atoms with Crippen molar-refractivity contribution >= 4 is 6.29 Å². The molecule has 0 bridgehead atoms. The maximum absolute atomic E-state index is 10.9. The van der Waals surface area contributed by atoms with Crippen molar-refractivity contribution in [3.8, 4) is 11.1 Å². The van der Waals surface area contributed by atoms with Crippen LogP contribution in [0.25, 0.3) is 11.1 Å². The molecule has 0 fully saturated rings. The van der Waals surface area contributed by atoms with Crippen LogP contribution in [0.4, 0.5) is 0 Å². The molecule has 21 heavy (non-hydrogen) atoms. The van der Waals surface area contributed by atoms with Gasteiger partial charge in [-0.15, -0.1) is 5.73 Å². The summed E-state index contributed by atoms with van der Waals surface area (Å²) in [5.41, 5.74) is 6.48. The first-order valence-electron chi connectivity index (χ1n) is 7.29. The molecule has 0 amide bonds. The van der Waals surface area contributed by atoms with Crippen LogP contribution in [-0.4, -0.2) is 6.29 Å². The van der Waals surface area contributed by atoms with Crippen molar-refractivity contribution in [3.63, 3.8) is 0 Å². The van der Waals surface area contributed by atoms with Crippen LogP contribution in [0.15, 0.2) is 73.0 Å². The molecule has 2 rings (SSSR count). The first-order chi connectivity index (χ1) is 10.3. The van der Waals surface area contributed by atoms with Crippen molar-refractivity contribution in [1.29, 1.82) is 0 Å². The maximum Gasteiger partial charge on any atom is 0.127 e. The minimum atomic E-state index is -0.0557. The Kier molecular flexibility index (Phi) is 5.75. The quantitative estimate of drug-likeness (QED) is 0.523. The summed E-state index contributed by atoms with van der Waals surface area (Å²) < 4.78 is 0. The van der Waals surface area contributed by atoms with E-state index in [-0.39, 0.29) is 5.92 Å². The average molecular weight is 276 g/mol. The molecule has 1 heteroatoms. The van der Waals surface area contributed by atoms with E-state index < -0.39 is 0 Å². The predicted octanol–water partition coefficient (Wildman–Crippen LogP) is 4.83. The van der Waals surface area contributed by atoms with Gasteiger partial charge in [0.2, 0.25) is 0 Å². The Balaban J connectivity index is 1.99. The molecule has 0 heterocycles. The predicted molar refractivity (Wildman–Crippen MR) is 88.1 cm³/mol. The van der Waals surface area contributed by atoms with Crippen molar-refractivity contribution in [3.05, 3.63) is 78.5 Å². The van der Waals surface area contributed by atoms with Gasteiger partial charge in [0.05, 0.1) is 0 Å². The Morgan fingerprint density at radius 3 is 2.52 bits per heavy atom. The van der Waals surface area contributed by atoms with Crippen LogP contribution in [0.5, 0.6) is 0 Å². The van der Waals surface area contributed by atoms with Gasteiger partial charge < -0.3 is 4.79 Å². The van der Waals surface area contributed by atoms with Gasteiger partial charge in [0, 0.05) is 5.92 Å². The first-order valence-corrected chi connectivity index (χ1v) is 7.29. The smallest absolute Gasteiger partial charge is 0.127 e. The second kappa shape index (κ2) is 8.04. The third-order valence-corrected chi connectivity index (χ3v) is 3.54. The van der Waals surface area contributed by atoms with Gasteiger partial charge in [-0.1, -0.05) is 61.2 Å². The Morgan fingerprint density at radius 2 is 1.81 bits per heavy atom. The fraction of sp³-hybridized carbons (Fsp3) is 0.200. The van der Waals surface area contributed by atoms with E-state index >= 15 is 0 Å². The Labute approximate surface area is 126 Å². The summed E-state index contributed by atoms with van der Waals surface area (Å²) in [6.45, 7) is 3.52. The maximum atomic E-state index is 10.9. The zero-order valence-corrected chi connectivity index (χ0v) is 12.2. The average Bonchev–Trinajstić information content (AvgIpc) is 2.55. The monoisotopic (exact) mass is 276 g/mol. The molecule has 0 saturated carbocycles. The van der Waals surface area contributed by atoms with E-state index in [4.69, 9.17) is 0 Å². The van der Waals surface area contributed by atoms with Crippen LogP contribution in [-0.2, 0) is 11.2 Å². The molecule has 0 radical (unpaired) electrons. The number of aldehydes is 1. The number of hydrogen-bond acceptors (Lipinski definition) is 1. The van der Waals surface area contributed by atoms with E-state index in [0.717, 1.165) is 25.5 Å². The Morgan fingerprint density at radius 1 is 1.05 bits per heavy atom. The molecule has 0 aliphatic rings. The highest BCUT2D eigenvalue weighted by atomic mass is 16.1. The lowest BCUT2D eigenvalue weighted by Gasteiger charge is -2.07. The summed E-state index contributed by atoms with van der Waals surface area (Å²) in [7, 11) is 0. The van der Waals surface area contributed by atoms with Crippen molar-refractivity contribution in [1.82, 2.24) is 0 Å². The van der Waals surface area contributed by atoms with Gasteiger partial charge in [-0.2, -0.15) is 0 Å². The molecule has 0 aliphatic heterocycles. The van der Waals surface area contributed by atoms with Crippen LogP contribution < -0.4 is 0 Å². The first kappa shape index (κ1) is 15.0.